The van der Waals surface area contributed by atoms with Gasteiger partial charge in [0, 0.05) is 11.6 Å². The molecule has 0 aliphatic carbocycles. The first-order valence-corrected chi connectivity index (χ1v) is 7.07. The number of aryl methyl sites for hydroxylation is 1. The van der Waals surface area contributed by atoms with E-state index in [1.54, 1.807) is 7.11 Å². The number of methoxy groups -OCH3 is 1. The average molecular weight is 263 g/mol. The molecule has 0 heterocycles. The summed E-state index contributed by atoms with van der Waals surface area (Å²) in [5.41, 5.74) is 1.69. The third-order valence-corrected chi connectivity index (χ3v) is 3.27. The van der Waals surface area contributed by atoms with Crippen molar-refractivity contribution in [2.45, 2.75) is 52.5 Å². The van der Waals surface area contributed by atoms with Crippen LogP contribution in [0.15, 0.2) is 18.2 Å². The summed E-state index contributed by atoms with van der Waals surface area (Å²) in [7, 11) is 1.64. The van der Waals surface area contributed by atoms with Crippen molar-refractivity contribution in [1.29, 1.82) is 0 Å². The van der Waals surface area contributed by atoms with Crippen molar-refractivity contribution < 1.29 is 9.53 Å². The molecule has 0 saturated carbocycles. The number of carbonyl (C=O) groups excluding carboxylic acids is 1. The van der Waals surface area contributed by atoms with Crippen LogP contribution in [0.25, 0.3) is 0 Å². The lowest BCUT2D eigenvalue weighted by atomic mass is 10.1. The maximum Gasteiger partial charge on any atom is 0.251 e. The minimum Gasteiger partial charge on any atom is -0.496 e. The van der Waals surface area contributed by atoms with E-state index in [-0.39, 0.29) is 11.9 Å². The van der Waals surface area contributed by atoms with Crippen molar-refractivity contribution in [3.05, 3.63) is 29.3 Å². The first-order valence-electron chi connectivity index (χ1n) is 7.07. The first-order chi connectivity index (χ1) is 9.12. The monoisotopic (exact) mass is 263 g/mol. The molecule has 1 N–H and O–H groups in total. The summed E-state index contributed by atoms with van der Waals surface area (Å²) in [4.78, 5) is 12.2. The van der Waals surface area contributed by atoms with E-state index >= 15 is 0 Å². The lowest BCUT2D eigenvalue weighted by molar-refractivity contribution is 0.0932. The molecular formula is C16H25NO2. The van der Waals surface area contributed by atoms with Gasteiger partial charge >= 0.3 is 0 Å². The van der Waals surface area contributed by atoms with Gasteiger partial charge in [0.1, 0.15) is 5.75 Å². The van der Waals surface area contributed by atoms with E-state index in [4.69, 9.17) is 4.74 Å². The second-order valence-corrected chi connectivity index (χ2v) is 4.93. The molecule has 0 radical (unpaired) electrons. The van der Waals surface area contributed by atoms with Gasteiger partial charge in [-0.25, -0.2) is 0 Å². The third-order valence-electron chi connectivity index (χ3n) is 3.27. The van der Waals surface area contributed by atoms with Crippen molar-refractivity contribution in [2.75, 3.05) is 7.11 Å². The molecule has 0 aliphatic rings. The molecule has 0 saturated heterocycles. The lowest BCUT2D eigenvalue weighted by Crippen LogP contribution is -2.34. The Hall–Kier alpha value is -1.51. The molecule has 106 valence electrons. The van der Waals surface area contributed by atoms with Crippen LogP contribution in [0.5, 0.6) is 5.75 Å². The number of nitrogens with one attached hydrogen (secondary N) is 1. The smallest absolute Gasteiger partial charge is 0.251 e. The summed E-state index contributed by atoms with van der Waals surface area (Å²) >= 11 is 0. The number of ether oxygens (including phenoxy) is 1. The predicted molar refractivity (Wildman–Crippen MR) is 78.8 cm³/mol. The van der Waals surface area contributed by atoms with Crippen molar-refractivity contribution >= 4 is 5.91 Å². The van der Waals surface area contributed by atoms with Crippen LogP contribution in [0, 0.1) is 6.92 Å². The number of benzene rings is 1. The van der Waals surface area contributed by atoms with Gasteiger partial charge in [-0.1, -0.05) is 26.7 Å². The van der Waals surface area contributed by atoms with Crippen molar-refractivity contribution in [3.8, 4) is 5.75 Å². The molecule has 19 heavy (non-hydrogen) atoms. The normalized spacial score (nSPS) is 10.6. The molecule has 1 aromatic carbocycles. The maximum absolute atomic E-state index is 12.2. The fraction of sp³-hybridized carbons (Fsp3) is 0.562. The van der Waals surface area contributed by atoms with Gasteiger partial charge in [0.05, 0.1) is 7.11 Å². The van der Waals surface area contributed by atoms with Crippen LogP contribution in [0.3, 0.4) is 0 Å². The van der Waals surface area contributed by atoms with Gasteiger partial charge in [0.15, 0.2) is 0 Å². The van der Waals surface area contributed by atoms with E-state index < -0.39 is 0 Å². The van der Waals surface area contributed by atoms with E-state index in [0.717, 1.165) is 37.0 Å². The predicted octanol–water partition coefficient (Wildman–Crippen LogP) is 3.70. The summed E-state index contributed by atoms with van der Waals surface area (Å²) in [6.07, 6.45) is 4.25. The second kappa shape index (κ2) is 7.82. The van der Waals surface area contributed by atoms with Gasteiger partial charge in [-0.05, 0) is 43.5 Å². The molecule has 0 aromatic heterocycles. The summed E-state index contributed by atoms with van der Waals surface area (Å²) in [6.45, 7) is 6.24. The summed E-state index contributed by atoms with van der Waals surface area (Å²) in [5, 5.41) is 3.12. The Kier molecular flexibility index (Phi) is 6.40. The minimum absolute atomic E-state index is 0.0117. The van der Waals surface area contributed by atoms with E-state index in [1.807, 2.05) is 25.1 Å². The average Bonchev–Trinajstić information content (AvgIpc) is 2.39. The highest BCUT2D eigenvalue weighted by molar-refractivity contribution is 5.94. The van der Waals surface area contributed by atoms with Gasteiger partial charge in [0.25, 0.3) is 5.91 Å². The zero-order valence-corrected chi connectivity index (χ0v) is 12.5. The van der Waals surface area contributed by atoms with Gasteiger partial charge in [0.2, 0.25) is 0 Å². The number of hydrogen-bond acceptors (Lipinski definition) is 2. The molecule has 0 atom stereocenters. The number of carbonyl (C=O) groups is 1. The van der Waals surface area contributed by atoms with Crippen molar-refractivity contribution in [1.82, 2.24) is 5.32 Å². The topological polar surface area (TPSA) is 38.3 Å². The summed E-state index contributed by atoms with van der Waals surface area (Å²) < 4.78 is 5.21. The van der Waals surface area contributed by atoms with Crippen LogP contribution in [0.4, 0.5) is 0 Å². The lowest BCUT2D eigenvalue weighted by Gasteiger charge is -2.17. The van der Waals surface area contributed by atoms with Crippen LogP contribution in [0.1, 0.15) is 55.5 Å². The largest absolute Gasteiger partial charge is 0.496 e. The summed E-state index contributed by atoms with van der Waals surface area (Å²) in [5.74, 6) is 0.827. The van der Waals surface area contributed by atoms with Crippen LogP contribution in [-0.2, 0) is 0 Å². The Morgan fingerprint density at radius 2 is 1.89 bits per heavy atom. The zero-order valence-electron chi connectivity index (χ0n) is 12.5. The van der Waals surface area contributed by atoms with Crippen molar-refractivity contribution in [3.63, 3.8) is 0 Å². The molecule has 0 fully saturated rings. The van der Waals surface area contributed by atoms with Gasteiger partial charge in [-0.3, -0.25) is 4.79 Å². The fourth-order valence-corrected chi connectivity index (χ4v) is 2.27. The Morgan fingerprint density at radius 3 is 2.37 bits per heavy atom. The highest BCUT2D eigenvalue weighted by Crippen LogP contribution is 2.18. The molecule has 0 spiro atoms. The molecule has 1 aromatic rings. The van der Waals surface area contributed by atoms with Gasteiger partial charge in [-0.15, -0.1) is 0 Å². The second-order valence-electron chi connectivity index (χ2n) is 4.93. The molecule has 0 aliphatic heterocycles. The minimum atomic E-state index is 0.0117. The summed E-state index contributed by atoms with van der Waals surface area (Å²) in [6, 6.07) is 5.82. The van der Waals surface area contributed by atoms with Crippen LogP contribution >= 0.6 is 0 Å². The Morgan fingerprint density at radius 1 is 1.26 bits per heavy atom. The number of hydrogen-bond donors (Lipinski definition) is 1. The highest BCUT2D eigenvalue weighted by Gasteiger charge is 2.13. The van der Waals surface area contributed by atoms with E-state index in [2.05, 4.69) is 19.2 Å². The Bertz CT molecular complexity index is 409. The van der Waals surface area contributed by atoms with E-state index in [1.165, 1.54) is 0 Å². The zero-order chi connectivity index (χ0) is 14.3. The molecule has 3 nitrogen and oxygen atoms in total. The molecule has 1 rings (SSSR count). The molecule has 0 unspecified atom stereocenters. The maximum atomic E-state index is 12.2. The Labute approximate surface area is 116 Å². The highest BCUT2D eigenvalue weighted by atomic mass is 16.5. The van der Waals surface area contributed by atoms with E-state index in [0.29, 0.717) is 5.56 Å². The SMILES string of the molecule is CCCC(CCC)NC(=O)c1ccc(OC)c(C)c1. The molecule has 3 heteroatoms. The van der Waals surface area contributed by atoms with E-state index in [9.17, 15) is 4.79 Å². The van der Waals surface area contributed by atoms with Crippen LogP contribution in [0.2, 0.25) is 0 Å². The van der Waals surface area contributed by atoms with Gasteiger partial charge < -0.3 is 10.1 Å². The molecular weight excluding hydrogens is 238 g/mol. The van der Waals surface area contributed by atoms with Crippen molar-refractivity contribution in [2.24, 2.45) is 0 Å². The third kappa shape index (κ3) is 4.58. The van der Waals surface area contributed by atoms with Crippen LogP contribution < -0.4 is 10.1 Å². The number of amides is 1. The quantitative estimate of drug-likeness (QED) is 0.814. The fourth-order valence-electron chi connectivity index (χ4n) is 2.27. The Balaban J connectivity index is 2.73. The van der Waals surface area contributed by atoms with Gasteiger partial charge in [-0.2, -0.15) is 0 Å². The standard InChI is InChI=1S/C16H25NO2/c1-5-7-14(8-6-2)17-16(18)13-9-10-15(19-4)12(3)11-13/h9-11,14H,5-8H2,1-4H3,(H,17,18). The molecule has 0 bridgehead atoms. The van der Waals surface area contributed by atoms with Crippen LogP contribution in [-0.4, -0.2) is 19.1 Å². The molecule has 1 amide bonds. The number of rotatable bonds is 7. The first kappa shape index (κ1) is 15.5.